The molecule has 0 bridgehead atoms. The molecule has 0 aromatic heterocycles. The first kappa shape index (κ1) is 8.60. The summed E-state index contributed by atoms with van der Waals surface area (Å²) in [4.78, 5) is 2.04. The highest BCUT2D eigenvalue weighted by atomic mass is 15.1. The molecule has 62 valence electrons. The van der Waals surface area contributed by atoms with Crippen molar-refractivity contribution in [3.8, 4) is 0 Å². The molecular formula is C11H13N. The molecule has 0 spiro atoms. The molecule has 0 amide bonds. The maximum absolute atomic E-state index is 3.61. The molecule has 1 heteroatoms. The Hall–Kier alpha value is -1.50. The van der Waals surface area contributed by atoms with Crippen LogP contribution in [0.3, 0.4) is 0 Å². The molecule has 0 atom stereocenters. The summed E-state index contributed by atoms with van der Waals surface area (Å²) in [7, 11) is 2.01. The average molecular weight is 159 g/mol. The number of allylic oxidation sites excluding steroid dienone is 2. The Bertz CT molecular complexity index is 262. The number of hydrogen-bond donors (Lipinski definition) is 0. The molecule has 0 radical (unpaired) electrons. The van der Waals surface area contributed by atoms with E-state index >= 15 is 0 Å². The number of anilines is 1. The van der Waals surface area contributed by atoms with Crippen molar-refractivity contribution in [2.24, 2.45) is 0 Å². The molecule has 0 fully saturated rings. The van der Waals surface area contributed by atoms with E-state index in [9.17, 15) is 0 Å². The van der Waals surface area contributed by atoms with Crippen molar-refractivity contribution in [2.45, 2.75) is 0 Å². The standard InChI is InChI=1S/C11H13N/c1-3-4-10-12(2)11-8-6-5-7-9-11/h3-10H,1H2,2H3. The third-order valence-electron chi connectivity index (χ3n) is 1.61. The van der Waals surface area contributed by atoms with Gasteiger partial charge >= 0.3 is 0 Å². The van der Waals surface area contributed by atoms with Crippen LogP contribution in [0, 0.1) is 0 Å². The van der Waals surface area contributed by atoms with Gasteiger partial charge < -0.3 is 4.90 Å². The van der Waals surface area contributed by atoms with Gasteiger partial charge in [-0.2, -0.15) is 0 Å². The summed E-state index contributed by atoms with van der Waals surface area (Å²) in [5.74, 6) is 0. The predicted molar refractivity (Wildman–Crippen MR) is 54.2 cm³/mol. The fraction of sp³-hybridized carbons (Fsp3) is 0.0909. The van der Waals surface area contributed by atoms with Crippen LogP contribution in [0.15, 0.2) is 55.3 Å². The number of rotatable bonds is 3. The van der Waals surface area contributed by atoms with E-state index < -0.39 is 0 Å². The van der Waals surface area contributed by atoms with E-state index in [1.807, 2.05) is 42.4 Å². The van der Waals surface area contributed by atoms with E-state index in [2.05, 4.69) is 18.7 Å². The zero-order chi connectivity index (χ0) is 8.81. The fourth-order valence-corrected chi connectivity index (χ4v) is 0.939. The van der Waals surface area contributed by atoms with E-state index in [0.717, 1.165) is 0 Å². The van der Waals surface area contributed by atoms with Gasteiger partial charge in [0.15, 0.2) is 0 Å². The Kier molecular flexibility index (Phi) is 3.15. The zero-order valence-corrected chi connectivity index (χ0v) is 7.27. The maximum atomic E-state index is 3.61. The van der Waals surface area contributed by atoms with Crippen LogP contribution in [0.1, 0.15) is 0 Å². The van der Waals surface area contributed by atoms with Gasteiger partial charge in [0.2, 0.25) is 0 Å². The highest BCUT2D eigenvalue weighted by Crippen LogP contribution is 2.10. The molecule has 1 rings (SSSR count). The topological polar surface area (TPSA) is 3.24 Å². The monoisotopic (exact) mass is 159 g/mol. The lowest BCUT2D eigenvalue weighted by molar-refractivity contribution is 1.20. The van der Waals surface area contributed by atoms with Crippen molar-refractivity contribution < 1.29 is 0 Å². The lowest BCUT2D eigenvalue weighted by Gasteiger charge is -2.12. The van der Waals surface area contributed by atoms with Crippen LogP contribution in [-0.2, 0) is 0 Å². The van der Waals surface area contributed by atoms with Crippen LogP contribution in [0.25, 0.3) is 0 Å². The van der Waals surface area contributed by atoms with Crippen molar-refractivity contribution in [2.75, 3.05) is 11.9 Å². The largest absolute Gasteiger partial charge is 0.351 e. The second-order valence-corrected chi connectivity index (χ2v) is 2.52. The average Bonchev–Trinajstić information content (AvgIpc) is 2.15. The van der Waals surface area contributed by atoms with Crippen LogP contribution in [0.2, 0.25) is 0 Å². The summed E-state index contributed by atoms with van der Waals surface area (Å²) in [6, 6.07) is 10.2. The molecule has 1 aromatic carbocycles. The van der Waals surface area contributed by atoms with Gasteiger partial charge in [0.05, 0.1) is 0 Å². The minimum Gasteiger partial charge on any atom is -0.351 e. The SMILES string of the molecule is C=CC=CN(C)c1ccccc1. The highest BCUT2D eigenvalue weighted by Gasteiger charge is 1.91. The molecular weight excluding hydrogens is 146 g/mol. The lowest BCUT2D eigenvalue weighted by atomic mass is 10.3. The van der Waals surface area contributed by atoms with Crippen molar-refractivity contribution in [1.82, 2.24) is 0 Å². The maximum Gasteiger partial charge on any atom is 0.0403 e. The Morgan fingerprint density at radius 3 is 2.50 bits per heavy atom. The van der Waals surface area contributed by atoms with Gasteiger partial charge in [-0.1, -0.05) is 30.9 Å². The van der Waals surface area contributed by atoms with Crippen LogP contribution in [0.4, 0.5) is 5.69 Å². The molecule has 1 aromatic rings. The van der Waals surface area contributed by atoms with Crippen molar-refractivity contribution in [3.05, 3.63) is 55.3 Å². The Labute approximate surface area is 73.6 Å². The first-order valence-corrected chi connectivity index (χ1v) is 3.91. The quantitative estimate of drug-likeness (QED) is 0.613. The molecule has 0 N–H and O–H groups in total. The summed E-state index contributed by atoms with van der Waals surface area (Å²) in [6.07, 6.45) is 5.65. The normalized spacial score (nSPS) is 10.1. The fourth-order valence-electron chi connectivity index (χ4n) is 0.939. The summed E-state index contributed by atoms with van der Waals surface area (Å²) in [5.41, 5.74) is 1.18. The third kappa shape index (κ3) is 2.27. The van der Waals surface area contributed by atoms with Crippen LogP contribution in [0.5, 0.6) is 0 Å². The van der Waals surface area contributed by atoms with Gasteiger partial charge in [-0.15, -0.1) is 0 Å². The molecule has 0 saturated carbocycles. The van der Waals surface area contributed by atoms with Crippen LogP contribution < -0.4 is 4.90 Å². The predicted octanol–water partition coefficient (Wildman–Crippen LogP) is 2.82. The number of hydrogen-bond acceptors (Lipinski definition) is 1. The van der Waals surface area contributed by atoms with Crippen LogP contribution in [-0.4, -0.2) is 7.05 Å². The second kappa shape index (κ2) is 4.39. The van der Waals surface area contributed by atoms with Gasteiger partial charge in [0.1, 0.15) is 0 Å². The van der Waals surface area contributed by atoms with Gasteiger partial charge in [-0.25, -0.2) is 0 Å². The van der Waals surface area contributed by atoms with E-state index in [4.69, 9.17) is 0 Å². The first-order chi connectivity index (χ1) is 5.84. The summed E-state index contributed by atoms with van der Waals surface area (Å²) < 4.78 is 0. The Morgan fingerprint density at radius 2 is 1.92 bits per heavy atom. The molecule has 0 aliphatic carbocycles. The van der Waals surface area contributed by atoms with Crippen molar-refractivity contribution in [1.29, 1.82) is 0 Å². The molecule has 0 aliphatic rings. The molecule has 12 heavy (non-hydrogen) atoms. The van der Waals surface area contributed by atoms with Gasteiger partial charge in [0, 0.05) is 18.9 Å². The minimum atomic E-state index is 1.18. The van der Waals surface area contributed by atoms with Gasteiger partial charge in [-0.3, -0.25) is 0 Å². The molecule has 1 nitrogen and oxygen atoms in total. The lowest BCUT2D eigenvalue weighted by Crippen LogP contribution is -2.06. The molecule has 0 saturated heterocycles. The highest BCUT2D eigenvalue weighted by molar-refractivity contribution is 5.47. The molecule has 0 unspecified atom stereocenters. The van der Waals surface area contributed by atoms with Crippen LogP contribution >= 0.6 is 0 Å². The van der Waals surface area contributed by atoms with Crippen molar-refractivity contribution >= 4 is 5.69 Å². The van der Waals surface area contributed by atoms with Gasteiger partial charge in [-0.05, 0) is 18.2 Å². The number of benzene rings is 1. The molecule has 0 aliphatic heterocycles. The number of para-hydroxylation sites is 1. The summed E-state index contributed by atoms with van der Waals surface area (Å²) >= 11 is 0. The van der Waals surface area contributed by atoms with E-state index in [-0.39, 0.29) is 0 Å². The summed E-state index contributed by atoms with van der Waals surface area (Å²) in [5, 5.41) is 0. The Morgan fingerprint density at radius 1 is 1.25 bits per heavy atom. The number of nitrogens with zero attached hydrogens (tertiary/aromatic N) is 1. The zero-order valence-electron chi connectivity index (χ0n) is 7.27. The third-order valence-corrected chi connectivity index (χ3v) is 1.61. The second-order valence-electron chi connectivity index (χ2n) is 2.52. The Balaban J connectivity index is 2.71. The minimum absolute atomic E-state index is 1.18. The summed E-state index contributed by atoms with van der Waals surface area (Å²) in [6.45, 7) is 3.61. The van der Waals surface area contributed by atoms with E-state index in [0.29, 0.717) is 0 Å². The van der Waals surface area contributed by atoms with Crippen molar-refractivity contribution in [3.63, 3.8) is 0 Å². The first-order valence-electron chi connectivity index (χ1n) is 3.91. The smallest absolute Gasteiger partial charge is 0.0403 e. The van der Waals surface area contributed by atoms with Gasteiger partial charge in [0.25, 0.3) is 0 Å². The molecule has 0 heterocycles. The van der Waals surface area contributed by atoms with E-state index in [1.54, 1.807) is 6.08 Å². The van der Waals surface area contributed by atoms with E-state index in [1.165, 1.54) is 5.69 Å².